The Morgan fingerprint density at radius 3 is 2.08 bits per heavy atom. The van der Waals surface area contributed by atoms with Gasteiger partial charge in [-0.3, -0.25) is 0 Å². The van der Waals surface area contributed by atoms with E-state index in [0.29, 0.717) is 5.75 Å². The molecule has 0 heterocycles. The summed E-state index contributed by atoms with van der Waals surface area (Å²) in [7, 11) is -3.88. The first-order valence-corrected chi connectivity index (χ1v) is 10.2. The average Bonchev–Trinajstić information content (AvgIpc) is 2.55. The molecule has 0 fully saturated rings. The molecule has 24 heavy (non-hydrogen) atoms. The van der Waals surface area contributed by atoms with Gasteiger partial charge in [0.25, 0.3) is 0 Å². The highest BCUT2D eigenvalue weighted by Crippen LogP contribution is 2.32. The van der Waals surface area contributed by atoms with Crippen LogP contribution in [0.25, 0.3) is 0 Å². The Hall–Kier alpha value is -2.24. The average molecular weight is 359 g/mol. The molecule has 2 aromatic rings. The van der Waals surface area contributed by atoms with Crippen molar-refractivity contribution >= 4 is 21.0 Å². The molecule has 0 saturated heterocycles. The molecule has 0 aliphatic rings. The van der Waals surface area contributed by atoms with E-state index in [4.69, 9.17) is 4.18 Å². The summed E-state index contributed by atoms with van der Waals surface area (Å²) < 4.78 is 27.4. The van der Waals surface area contributed by atoms with Gasteiger partial charge in [0.15, 0.2) is 14.7 Å². The Kier molecular flexibility index (Phi) is 6.06. The fourth-order valence-electron chi connectivity index (χ4n) is 2.11. The molecule has 124 valence electrons. The van der Waals surface area contributed by atoms with E-state index in [1.54, 1.807) is 18.2 Å². The molecule has 1 unspecified atom stereocenters. The Bertz CT molecular complexity index is 836. The van der Waals surface area contributed by atoms with Gasteiger partial charge in [-0.15, -0.1) is 0 Å². The van der Waals surface area contributed by atoms with Gasteiger partial charge in [-0.2, -0.15) is 8.42 Å². The van der Waals surface area contributed by atoms with Crippen LogP contribution in [0.3, 0.4) is 0 Å². The Labute approximate surface area is 146 Å². The number of allylic oxidation sites excluding steroid dienone is 3. The number of hydrogen-bond donors (Lipinski definition) is 0. The van der Waals surface area contributed by atoms with Crippen LogP contribution in [0, 0.1) is 0 Å². The molecule has 2 aromatic carbocycles. The summed E-state index contributed by atoms with van der Waals surface area (Å²) in [5.41, 5.74) is 0. The number of rotatable bonds is 7. The maximum Gasteiger partial charge on any atom is 0.306 e. The van der Waals surface area contributed by atoms with Crippen LogP contribution in [0.5, 0.6) is 5.75 Å². The molecule has 1 atom stereocenters. The second-order valence-electron chi connectivity index (χ2n) is 4.89. The molecule has 3 nitrogen and oxygen atoms in total. The molecule has 5 heteroatoms. The van der Waals surface area contributed by atoms with Gasteiger partial charge < -0.3 is 4.18 Å². The molecule has 2 rings (SSSR count). The molecule has 0 saturated carbocycles. The fraction of sp³-hybridized carbons (Fsp3) is 0.0526. The Morgan fingerprint density at radius 2 is 1.58 bits per heavy atom. The van der Waals surface area contributed by atoms with Crippen molar-refractivity contribution in [1.29, 1.82) is 0 Å². The Balaban J connectivity index is 2.46. The summed E-state index contributed by atoms with van der Waals surface area (Å²) in [4.78, 5) is 3.21. The monoisotopic (exact) mass is 359 g/mol. The first kappa shape index (κ1) is 18.1. The largest absolute Gasteiger partial charge is 0.383 e. The van der Waals surface area contributed by atoms with Crippen LogP contribution in [0.4, 0.5) is 0 Å². The summed E-state index contributed by atoms with van der Waals surface area (Å²) in [6, 6.07) is 17.1. The molecule has 0 bridgehead atoms. The fourth-order valence-corrected chi connectivity index (χ4v) is 4.62. The lowest BCUT2D eigenvalue weighted by Gasteiger charge is -2.09. The predicted molar refractivity (Wildman–Crippen MR) is 101 cm³/mol. The minimum Gasteiger partial charge on any atom is -0.383 e. The van der Waals surface area contributed by atoms with Gasteiger partial charge in [-0.1, -0.05) is 37.4 Å². The van der Waals surface area contributed by atoms with E-state index in [1.807, 2.05) is 42.5 Å². The molecule has 0 amide bonds. The van der Waals surface area contributed by atoms with E-state index < -0.39 is 10.1 Å². The van der Waals surface area contributed by atoms with E-state index >= 15 is 0 Å². The van der Waals surface area contributed by atoms with Gasteiger partial charge >= 0.3 is 10.1 Å². The number of benzene rings is 2. The molecule has 0 spiro atoms. The lowest BCUT2D eigenvalue weighted by Crippen LogP contribution is -2.07. The maximum absolute atomic E-state index is 11.2. The predicted octanol–water partition coefficient (Wildman–Crippen LogP) is 4.32. The summed E-state index contributed by atoms with van der Waals surface area (Å²) in [5.74, 6) is 0.297. The third-order valence-electron chi connectivity index (χ3n) is 3.00. The Morgan fingerprint density at radius 1 is 1.00 bits per heavy atom. The van der Waals surface area contributed by atoms with Gasteiger partial charge in [0.1, 0.15) is 5.75 Å². The molecule has 0 aliphatic heterocycles. The lowest BCUT2D eigenvalue weighted by molar-refractivity contribution is 0.493. The van der Waals surface area contributed by atoms with Crippen molar-refractivity contribution in [2.24, 2.45) is 0 Å². The van der Waals surface area contributed by atoms with Gasteiger partial charge in [0.05, 0.1) is 17.2 Å². The first-order valence-electron chi connectivity index (χ1n) is 7.18. The third kappa shape index (κ3) is 4.88. The highest BCUT2D eigenvalue weighted by Gasteiger charge is 2.29. The summed E-state index contributed by atoms with van der Waals surface area (Å²) in [6.45, 7) is 7.67. The van der Waals surface area contributed by atoms with E-state index in [-0.39, 0.29) is 10.9 Å². The highest BCUT2D eigenvalue weighted by atomic mass is 32.2. The van der Waals surface area contributed by atoms with Crippen LogP contribution in [0.15, 0.2) is 101 Å². The maximum atomic E-state index is 11.2. The van der Waals surface area contributed by atoms with Gasteiger partial charge in [0.2, 0.25) is 0 Å². The van der Waals surface area contributed by atoms with Gasteiger partial charge in [-0.05, 0) is 48.6 Å². The first-order chi connectivity index (χ1) is 11.4. The van der Waals surface area contributed by atoms with Crippen LogP contribution in [0.2, 0.25) is 0 Å². The van der Waals surface area contributed by atoms with Crippen molar-refractivity contribution in [2.75, 3.05) is 6.26 Å². The molecular weight excluding hydrogens is 340 g/mol. The molecule has 0 aromatic heterocycles. The summed E-state index contributed by atoms with van der Waals surface area (Å²) in [6.07, 6.45) is 6.52. The molecular formula is C19H19O3S2+. The smallest absolute Gasteiger partial charge is 0.306 e. The van der Waals surface area contributed by atoms with Crippen LogP contribution < -0.4 is 4.18 Å². The van der Waals surface area contributed by atoms with E-state index in [1.165, 1.54) is 0 Å². The summed E-state index contributed by atoms with van der Waals surface area (Å²) in [5, 5.41) is 0. The van der Waals surface area contributed by atoms with Gasteiger partial charge in [-0.25, -0.2) is 0 Å². The van der Waals surface area contributed by atoms with Crippen molar-refractivity contribution < 1.29 is 12.6 Å². The topological polar surface area (TPSA) is 43.4 Å². The van der Waals surface area contributed by atoms with Crippen molar-refractivity contribution in [3.8, 4) is 5.75 Å². The minimum absolute atomic E-state index is 0.297. The normalized spacial score (nSPS) is 13.1. The van der Waals surface area contributed by atoms with Crippen LogP contribution >= 0.6 is 0 Å². The van der Waals surface area contributed by atoms with Crippen molar-refractivity contribution in [3.63, 3.8) is 0 Å². The minimum atomic E-state index is -3.53. The van der Waals surface area contributed by atoms with E-state index in [0.717, 1.165) is 21.0 Å². The molecule has 0 aliphatic carbocycles. The van der Waals surface area contributed by atoms with Crippen molar-refractivity contribution in [3.05, 3.63) is 90.9 Å². The van der Waals surface area contributed by atoms with Crippen LogP contribution in [0.1, 0.15) is 0 Å². The second kappa shape index (κ2) is 8.04. The highest BCUT2D eigenvalue weighted by molar-refractivity contribution is 8.00. The second-order valence-corrected chi connectivity index (χ2v) is 8.49. The summed E-state index contributed by atoms with van der Waals surface area (Å²) >= 11 is 0. The molecule has 0 N–H and O–H groups in total. The van der Waals surface area contributed by atoms with E-state index in [2.05, 4.69) is 25.3 Å². The van der Waals surface area contributed by atoms with Crippen LogP contribution in [-0.2, 0) is 21.0 Å². The molecule has 0 radical (unpaired) electrons. The van der Waals surface area contributed by atoms with Crippen LogP contribution in [-0.4, -0.2) is 14.7 Å². The SMILES string of the molecule is C=C/C=C(\C=C)[S+](c1ccccc1)c1ccc(OS(C)(=O)=O)cc1. The van der Waals surface area contributed by atoms with E-state index in [9.17, 15) is 8.42 Å². The lowest BCUT2D eigenvalue weighted by atomic mass is 10.3. The standard InChI is InChI=1S/C19H19O3S2/c1-4-9-17(5-2)23(18-10-7-6-8-11-18)19-14-12-16(13-15-19)22-24(3,20)21/h4-15H,1-2H2,3H3/q+1/b17-9+. The zero-order valence-corrected chi connectivity index (χ0v) is 15.0. The van der Waals surface area contributed by atoms with Crippen molar-refractivity contribution in [2.45, 2.75) is 9.79 Å². The number of hydrogen-bond acceptors (Lipinski definition) is 3. The van der Waals surface area contributed by atoms with Gasteiger partial charge in [0, 0.05) is 0 Å². The third-order valence-corrected chi connectivity index (χ3v) is 5.76. The zero-order chi connectivity index (χ0) is 17.6. The zero-order valence-electron chi connectivity index (χ0n) is 13.4. The quantitative estimate of drug-likeness (QED) is 0.420. The van der Waals surface area contributed by atoms with Crippen molar-refractivity contribution in [1.82, 2.24) is 0 Å².